The van der Waals surface area contributed by atoms with Gasteiger partial charge in [-0.1, -0.05) is 24.3 Å². The van der Waals surface area contributed by atoms with Crippen LogP contribution in [0.3, 0.4) is 0 Å². The molecule has 6 heteroatoms. The fraction of sp³-hybridized carbons (Fsp3) is 0.190. The van der Waals surface area contributed by atoms with Crippen LogP contribution < -0.4 is 10.6 Å². The number of nitrogens with zero attached hydrogens (tertiary/aromatic N) is 1. The Hall–Kier alpha value is -2.99. The number of hydrogen-bond acceptors (Lipinski definition) is 4. The lowest BCUT2D eigenvalue weighted by atomic mass is 9.85. The number of carbonyl (C=O) groups excluding carboxylic acids is 2. The highest BCUT2D eigenvalue weighted by molar-refractivity contribution is 7.18. The number of thiophene rings is 1. The summed E-state index contributed by atoms with van der Waals surface area (Å²) in [6.07, 6.45) is 3.86. The number of rotatable bonds is 3. The maximum Gasteiger partial charge on any atom is 0.266 e. The predicted octanol–water partition coefficient (Wildman–Crippen LogP) is 4.49. The van der Waals surface area contributed by atoms with E-state index in [0.717, 1.165) is 32.9 Å². The van der Waals surface area contributed by atoms with Crippen LogP contribution >= 0.6 is 11.3 Å². The highest BCUT2D eigenvalue weighted by Crippen LogP contribution is 2.45. The number of amides is 2. The van der Waals surface area contributed by atoms with Gasteiger partial charge in [0.1, 0.15) is 0 Å². The number of aromatic nitrogens is 1. The molecule has 1 aliphatic heterocycles. The second-order valence-electron chi connectivity index (χ2n) is 6.66. The molecule has 2 aromatic heterocycles. The second kappa shape index (κ2) is 6.96. The summed E-state index contributed by atoms with van der Waals surface area (Å²) in [4.78, 5) is 29.9. The zero-order valence-corrected chi connectivity index (χ0v) is 15.9. The lowest BCUT2D eigenvalue weighted by Gasteiger charge is -2.23. The first kappa shape index (κ1) is 17.4. The Labute approximate surface area is 161 Å². The van der Waals surface area contributed by atoms with Crippen LogP contribution in [0.15, 0.2) is 48.8 Å². The summed E-state index contributed by atoms with van der Waals surface area (Å²) >= 11 is 1.33. The molecule has 4 rings (SSSR count). The Balaban J connectivity index is 1.72. The Morgan fingerprint density at radius 3 is 2.78 bits per heavy atom. The molecular formula is C21H19N3O2S. The van der Waals surface area contributed by atoms with Gasteiger partial charge < -0.3 is 10.6 Å². The molecule has 0 unspecified atom stereocenters. The SMILES string of the molecule is Cc1ccccc1NC(=O)c1sc2c(c1C)[C@H](c1cccnc1)CC(=O)N2. The zero-order chi connectivity index (χ0) is 19.0. The van der Waals surface area contributed by atoms with E-state index < -0.39 is 0 Å². The topological polar surface area (TPSA) is 71.1 Å². The summed E-state index contributed by atoms with van der Waals surface area (Å²) in [6.45, 7) is 3.91. The van der Waals surface area contributed by atoms with Gasteiger partial charge in [-0.05, 0) is 48.2 Å². The number of carbonyl (C=O) groups is 2. The first-order chi connectivity index (χ1) is 13.0. The van der Waals surface area contributed by atoms with Gasteiger partial charge in [-0.2, -0.15) is 0 Å². The van der Waals surface area contributed by atoms with Crippen molar-refractivity contribution in [3.63, 3.8) is 0 Å². The Bertz CT molecular complexity index is 1030. The maximum absolute atomic E-state index is 12.9. The number of anilines is 2. The highest BCUT2D eigenvalue weighted by atomic mass is 32.1. The Morgan fingerprint density at radius 1 is 1.22 bits per heavy atom. The molecule has 0 saturated heterocycles. The van der Waals surface area contributed by atoms with Crippen molar-refractivity contribution >= 4 is 33.8 Å². The number of hydrogen-bond donors (Lipinski definition) is 2. The van der Waals surface area contributed by atoms with Crippen molar-refractivity contribution < 1.29 is 9.59 Å². The van der Waals surface area contributed by atoms with Gasteiger partial charge >= 0.3 is 0 Å². The van der Waals surface area contributed by atoms with Crippen molar-refractivity contribution in [3.05, 3.63) is 75.9 Å². The average Bonchev–Trinajstić information content (AvgIpc) is 3.00. The van der Waals surface area contributed by atoms with Gasteiger partial charge in [0.05, 0.1) is 9.88 Å². The molecule has 3 aromatic rings. The van der Waals surface area contributed by atoms with Crippen molar-refractivity contribution in [1.29, 1.82) is 0 Å². The van der Waals surface area contributed by atoms with Crippen molar-refractivity contribution in [3.8, 4) is 0 Å². The number of para-hydroxylation sites is 1. The minimum atomic E-state index is -0.152. The third-order valence-electron chi connectivity index (χ3n) is 4.87. The van der Waals surface area contributed by atoms with Crippen LogP contribution in [0.4, 0.5) is 10.7 Å². The van der Waals surface area contributed by atoms with Crippen LogP contribution in [0.2, 0.25) is 0 Å². The van der Waals surface area contributed by atoms with Crippen LogP contribution in [0, 0.1) is 13.8 Å². The summed E-state index contributed by atoms with van der Waals surface area (Å²) in [5.74, 6) is -0.275. The van der Waals surface area contributed by atoms with E-state index in [-0.39, 0.29) is 17.7 Å². The fourth-order valence-electron chi connectivity index (χ4n) is 3.48. The van der Waals surface area contributed by atoms with Crippen molar-refractivity contribution in [2.75, 3.05) is 10.6 Å². The number of aryl methyl sites for hydroxylation is 1. The van der Waals surface area contributed by atoms with Gasteiger partial charge in [0, 0.05) is 30.4 Å². The molecule has 0 aliphatic carbocycles. The quantitative estimate of drug-likeness (QED) is 0.707. The molecule has 5 nitrogen and oxygen atoms in total. The molecule has 3 heterocycles. The summed E-state index contributed by atoms with van der Waals surface area (Å²) in [5.41, 5.74) is 4.71. The number of pyridine rings is 1. The molecule has 0 saturated carbocycles. The second-order valence-corrected chi connectivity index (χ2v) is 7.68. The summed E-state index contributed by atoms with van der Waals surface area (Å²) in [6, 6.07) is 11.5. The summed E-state index contributed by atoms with van der Waals surface area (Å²) < 4.78 is 0. The van der Waals surface area contributed by atoms with E-state index in [1.54, 1.807) is 12.4 Å². The fourth-order valence-corrected chi connectivity index (χ4v) is 4.66. The molecular weight excluding hydrogens is 358 g/mol. The normalized spacial score (nSPS) is 15.8. The zero-order valence-electron chi connectivity index (χ0n) is 15.1. The lowest BCUT2D eigenvalue weighted by Crippen LogP contribution is -2.22. The van der Waals surface area contributed by atoms with Gasteiger partial charge in [0.2, 0.25) is 5.91 Å². The smallest absolute Gasteiger partial charge is 0.266 e. The molecule has 2 amide bonds. The molecule has 0 fully saturated rings. The van der Waals surface area contributed by atoms with Crippen LogP contribution in [-0.2, 0) is 4.79 Å². The van der Waals surface area contributed by atoms with Crippen molar-refractivity contribution in [2.24, 2.45) is 0 Å². The van der Waals surface area contributed by atoms with E-state index in [1.165, 1.54) is 11.3 Å². The average molecular weight is 377 g/mol. The van der Waals surface area contributed by atoms with Crippen molar-refractivity contribution in [2.45, 2.75) is 26.2 Å². The minimum absolute atomic E-state index is 0.0385. The molecule has 136 valence electrons. The van der Waals surface area contributed by atoms with E-state index in [1.807, 2.05) is 50.2 Å². The summed E-state index contributed by atoms with van der Waals surface area (Å²) in [5, 5.41) is 6.68. The molecule has 1 aromatic carbocycles. The molecule has 1 aliphatic rings. The van der Waals surface area contributed by atoms with Gasteiger partial charge in [-0.3, -0.25) is 14.6 Å². The summed E-state index contributed by atoms with van der Waals surface area (Å²) in [7, 11) is 0. The molecule has 27 heavy (non-hydrogen) atoms. The number of fused-ring (bicyclic) bond motifs is 1. The third-order valence-corrected chi connectivity index (χ3v) is 6.09. The largest absolute Gasteiger partial charge is 0.321 e. The van der Waals surface area contributed by atoms with Gasteiger partial charge in [-0.25, -0.2) is 0 Å². The first-order valence-electron chi connectivity index (χ1n) is 8.74. The standard InChI is InChI=1S/C21H19N3O2S/c1-12-6-3-4-8-16(12)23-20(26)19-13(2)18-15(14-7-5-9-22-11-14)10-17(25)24-21(18)27-19/h3-9,11,15H,10H2,1-2H3,(H,23,26)(H,24,25)/t15-/m0/s1. The molecule has 1 atom stereocenters. The molecule has 2 N–H and O–H groups in total. The van der Waals surface area contributed by atoms with Crippen molar-refractivity contribution in [1.82, 2.24) is 4.98 Å². The minimum Gasteiger partial charge on any atom is -0.321 e. The van der Waals surface area contributed by atoms with E-state index in [9.17, 15) is 9.59 Å². The van der Waals surface area contributed by atoms with E-state index in [4.69, 9.17) is 0 Å². The monoisotopic (exact) mass is 377 g/mol. The van der Waals surface area contributed by atoms with E-state index in [0.29, 0.717) is 11.3 Å². The van der Waals surface area contributed by atoms with Gasteiger partial charge in [0.25, 0.3) is 5.91 Å². The molecule has 0 bridgehead atoms. The Morgan fingerprint density at radius 2 is 2.04 bits per heavy atom. The maximum atomic E-state index is 12.9. The Kier molecular flexibility index (Phi) is 4.49. The first-order valence-corrected chi connectivity index (χ1v) is 9.56. The van der Waals surface area contributed by atoms with Gasteiger partial charge in [-0.15, -0.1) is 11.3 Å². The number of benzene rings is 1. The van der Waals surface area contributed by atoms with E-state index >= 15 is 0 Å². The molecule has 0 radical (unpaired) electrons. The highest BCUT2D eigenvalue weighted by Gasteiger charge is 2.33. The van der Waals surface area contributed by atoms with Crippen LogP contribution in [0.5, 0.6) is 0 Å². The van der Waals surface area contributed by atoms with Gasteiger partial charge in [0.15, 0.2) is 0 Å². The van der Waals surface area contributed by atoms with Crippen LogP contribution in [0.25, 0.3) is 0 Å². The third kappa shape index (κ3) is 3.24. The number of nitrogens with one attached hydrogen (secondary N) is 2. The van der Waals surface area contributed by atoms with Crippen LogP contribution in [-0.4, -0.2) is 16.8 Å². The lowest BCUT2D eigenvalue weighted by molar-refractivity contribution is -0.116. The molecule has 0 spiro atoms. The van der Waals surface area contributed by atoms with Crippen LogP contribution in [0.1, 0.15) is 44.3 Å². The predicted molar refractivity (Wildman–Crippen MR) is 108 cm³/mol. The van der Waals surface area contributed by atoms with E-state index in [2.05, 4.69) is 15.6 Å².